The molecule has 0 saturated carbocycles. The van der Waals surface area contributed by atoms with Crippen LogP contribution in [0.15, 0.2) is 18.2 Å². The number of ether oxygens (including phenoxy) is 1. The number of benzene rings is 1. The minimum absolute atomic E-state index is 0.241. The first-order valence-electron chi connectivity index (χ1n) is 6.29. The van der Waals surface area contributed by atoms with Crippen LogP contribution < -0.4 is 5.32 Å². The van der Waals surface area contributed by atoms with Crippen LogP contribution in [0.1, 0.15) is 36.6 Å². The molecule has 16 heavy (non-hydrogen) atoms. The maximum Gasteiger partial charge on any atom is 0.0949 e. The lowest BCUT2D eigenvalue weighted by atomic mass is 9.97. The molecule has 0 aromatic heterocycles. The van der Waals surface area contributed by atoms with Crippen molar-refractivity contribution in [3.63, 3.8) is 0 Å². The standard InChI is InChI=1S/C14H21NO/c1-3-11-5-6-13(9-12(11)4-2)14-10-15-7-8-16-14/h5-6,9,14-15H,3-4,7-8,10H2,1-2H3. The van der Waals surface area contributed by atoms with Crippen LogP contribution in [0.25, 0.3) is 0 Å². The SMILES string of the molecule is CCc1ccc(C2CNCCO2)cc1CC. The molecule has 1 atom stereocenters. The van der Waals surface area contributed by atoms with Crippen molar-refractivity contribution in [1.82, 2.24) is 5.32 Å². The Labute approximate surface area is 98.0 Å². The third-order valence-corrected chi connectivity index (χ3v) is 3.29. The molecule has 1 aliphatic rings. The third kappa shape index (κ3) is 2.45. The molecular weight excluding hydrogens is 198 g/mol. The van der Waals surface area contributed by atoms with Gasteiger partial charge in [-0.25, -0.2) is 0 Å². The van der Waals surface area contributed by atoms with E-state index in [1.165, 1.54) is 16.7 Å². The van der Waals surface area contributed by atoms with Gasteiger partial charge in [0, 0.05) is 13.1 Å². The number of nitrogens with one attached hydrogen (secondary N) is 1. The van der Waals surface area contributed by atoms with Gasteiger partial charge in [-0.2, -0.15) is 0 Å². The smallest absolute Gasteiger partial charge is 0.0949 e. The molecule has 2 heteroatoms. The molecule has 1 aliphatic heterocycles. The number of rotatable bonds is 3. The molecule has 1 unspecified atom stereocenters. The molecular formula is C14H21NO. The monoisotopic (exact) mass is 219 g/mol. The highest BCUT2D eigenvalue weighted by Gasteiger charge is 2.16. The van der Waals surface area contributed by atoms with Crippen molar-refractivity contribution in [2.45, 2.75) is 32.8 Å². The summed E-state index contributed by atoms with van der Waals surface area (Å²) in [5.74, 6) is 0. The molecule has 0 bridgehead atoms. The Morgan fingerprint density at radius 2 is 2.06 bits per heavy atom. The second-order valence-electron chi connectivity index (χ2n) is 4.30. The molecule has 2 nitrogen and oxygen atoms in total. The summed E-state index contributed by atoms with van der Waals surface area (Å²) < 4.78 is 5.77. The van der Waals surface area contributed by atoms with Crippen molar-refractivity contribution in [3.8, 4) is 0 Å². The summed E-state index contributed by atoms with van der Waals surface area (Å²) in [5.41, 5.74) is 4.26. The molecule has 0 amide bonds. The maximum absolute atomic E-state index is 5.77. The predicted molar refractivity (Wildman–Crippen MR) is 66.8 cm³/mol. The molecule has 0 spiro atoms. The summed E-state index contributed by atoms with van der Waals surface area (Å²) in [6, 6.07) is 6.79. The summed E-state index contributed by atoms with van der Waals surface area (Å²) in [7, 11) is 0. The average molecular weight is 219 g/mol. The second kappa shape index (κ2) is 5.46. The van der Waals surface area contributed by atoms with E-state index in [1.54, 1.807) is 0 Å². The molecule has 1 aromatic rings. The minimum atomic E-state index is 0.241. The second-order valence-corrected chi connectivity index (χ2v) is 4.30. The molecule has 1 fully saturated rings. The molecule has 88 valence electrons. The Kier molecular flexibility index (Phi) is 3.97. The quantitative estimate of drug-likeness (QED) is 0.843. The van der Waals surface area contributed by atoms with Gasteiger partial charge in [-0.3, -0.25) is 0 Å². The fourth-order valence-electron chi connectivity index (χ4n) is 2.30. The lowest BCUT2D eigenvalue weighted by Crippen LogP contribution is -2.33. The van der Waals surface area contributed by atoms with E-state index in [1.807, 2.05) is 0 Å². The van der Waals surface area contributed by atoms with Gasteiger partial charge in [-0.05, 0) is 29.5 Å². The van der Waals surface area contributed by atoms with Gasteiger partial charge in [0.15, 0.2) is 0 Å². The first kappa shape index (κ1) is 11.6. The van der Waals surface area contributed by atoms with E-state index >= 15 is 0 Å². The highest BCUT2D eigenvalue weighted by atomic mass is 16.5. The fourth-order valence-corrected chi connectivity index (χ4v) is 2.30. The molecule has 1 N–H and O–H groups in total. The number of hydrogen-bond acceptors (Lipinski definition) is 2. The van der Waals surface area contributed by atoms with Gasteiger partial charge >= 0.3 is 0 Å². The largest absolute Gasteiger partial charge is 0.371 e. The van der Waals surface area contributed by atoms with E-state index in [4.69, 9.17) is 4.74 Å². The van der Waals surface area contributed by atoms with E-state index in [9.17, 15) is 0 Å². The minimum Gasteiger partial charge on any atom is -0.371 e. The molecule has 0 aliphatic carbocycles. The van der Waals surface area contributed by atoms with Gasteiger partial charge in [0.25, 0.3) is 0 Å². The van der Waals surface area contributed by atoms with Crippen molar-refractivity contribution in [1.29, 1.82) is 0 Å². The summed E-state index contributed by atoms with van der Waals surface area (Å²) >= 11 is 0. The summed E-state index contributed by atoms with van der Waals surface area (Å²) in [6.45, 7) is 7.17. The average Bonchev–Trinajstić information content (AvgIpc) is 2.39. The fraction of sp³-hybridized carbons (Fsp3) is 0.571. The van der Waals surface area contributed by atoms with Crippen molar-refractivity contribution >= 4 is 0 Å². The van der Waals surface area contributed by atoms with Gasteiger partial charge in [-0.1, -0.05) is 32.0 Å². The van der Waals surface area contributed by atoms with Gasteiger partial charge in [-0.15, -0.1) is 0 Å². The van der Waals surface area contributed by atoms with Crippen molar-refractivity contribution in [2.24, 2.45) is 0 Å². The first-order chi connectivity index (χ1) is 7.85. The van der Waals surface area contributed by atoms with E-state index in [0.29, 0.717) is 0 Å². The van der Waals surface area contributed by atoms with E-state index in [-0.39, 0.29) is 6.10 Å². The number of aryl methyl sites for hydroxylation is 2. The molecule has 1 saturated heterocycles. The summed E-state index contributed by atoms with van der Waals surface area (Å²) in [6.07, 6.45) is 2.47. The van der Waals surface area contributed by atoms with Gasteiger partial charge in [0.1, 0.15) is 0 Å². The van der Waals surface area contributed by atoms with Crippen LogP contribution in [0, 0.1) is 0 Å². The van der Waals surface area contributed by atoms with Crippen LogP contribution in [0.3, 0.4) is 0 Å². The number of hydrogen-bond donors (Lipinski definition) is 1. The van der Waals surface area contributed by atoms with Crippen molar-refractivity contribution in [3.05, 3.63) is 34.9 Å². The third-order valence-electron chi connectivity index (χ3n) is 3.29. The molecule has 2 rings (SSSR count). The zero-order chi connectivity index (χ0) is 11.4. The van der Waals surface area contributed by atoms with Gasteiger partial charge < -0.3 is 10.1 Å². The van der Waals surface area contributed by atoms with Gasteiger partial charge in [0.05, 0.1) is 12.7 Å². The van der Waals surface area contributed by atoms with E-state index in [0.717, 1.165) is 32.5 Å². The molecule has 1 heterocycles. The Bertz CT molecular complexity index is 343. The predicted octanol–water partition coefficient (Wildman–Crippen LogP) is 2.47. The van der Waals surface area contributed by atoms with Crippen molar-refractivity contribution in [2.75, 3.05) is 19.7 Å². The Morgan fingerprint density at radius 3 is 2.69 bits per heavy atom. The van der Waals surface area contributed by atoms with E-state index in [2.05, 4.69) is 37.4 Å². The topological polar surface area (TPSA) is 21.3 Å². The summed E-state index contributed by atoms with van der Waals surface area (Å²) in [5, 5.41) is 3.37. The Morgan fingerprint density at radius 1 is 1.25 bits per heavy atom. The Balaban J connectivity index is 2.20. The Hall–Kier alpha value is -0.860. The van der Waals surface area contributed by atoms with Crippen LogP contribution >= 0.6 is 0 Å². The van der Waals surface area contributed by atoms with Crippen molar-refractivity contribution < 1.29 is 4.74 Å². The zero-order valence-electron chi connectivity index (χ0n) is 10.3. The number of morpholine rings is 1. The van der Waals surface area contributed by atoms with E-state index < -0.39 is 0 Å². The lowest BCUT2D eigenvalue weighted by molar-refractivity contribution is 0.0276. The normalized spacial score (nSPS) is 21.0. The van der Waals surface area contributed by atoms with Crippen LogP contribution in [-0.2, 0) is 17.6 Å². The molecule has 0 radical (unpaired) electrons. The molecule has 1 aromatic carbocycles. The maximum atomic E-state index is 5.77. The van der Waals surface area contributed by atoms with Crippen LogP contribution in [0.2, 0.25) is 0 Å². The van der Waals surface area contributed by atoms with Crippen LogP contribution in [0.5, 0.6) is 0 Å². The summed E-state index contributed by atoms with van der Waals surface area (Å²) in [4.78, 5) is 0. The van der Waals surface area contributed by atoms with Crippen LogP contribution in [-0.4, -0.2) is 19.7 Å². The lowest BCUT2D eigenvalue weighted by Gasteiger charge is -2.24. The highest BCUT2D eigenvalue weighted by Crippen LogP contribution is 2.22. The van der Waals surface area contributed by atoms with Crippen LogP contribution in [0.4, 0.5) is 0 Å². The van der Waals surface area contributed by atoms with Gasteiger partial charge in [0.2, 0.25) is 0 Å². The zero-order valence-corrected chi connectivity index (χ0v) is 10.3. The first-order valence-corrected chi connectivity index (χ1v) is 6.29. The highest BCUT2D eigenvalue weighted by molar-refractivity contribution is 5.33.